The number of likely N-dealkylation sites (tertiary alicyclic amines) is 1. The van der Waals surface area contributed by atoms with Crippen molar-refractivity contribution < 1.29 is 19.1 Å². The van der Waals surface area contributed by atoms with Crippen molar-refractivity contribution in [1.29, 1.82) is 0 Å². The van der Waals surface area contributed by atoms with Crippen molar-refractivity contribution in [3.8, 4) is 11.5 Å². The average Bonchev–Trinajstić information content (AvgIpc) is 3.23. The summed E-state index contributed by atoms with van der Waals surface area (Å²) in [5.41, 5.74) is 1.46. The van der Waals surface area contributed by atoms with Crippen LogP contribution < -0.4 is 14.8 Å². The maximum atomic E-state index is 12.8. The molecule has 1 atom stereocenters. The number of amides is 2. The van der Waals surface area contributed by atoms with Crippen molar-refractivity contribution in [3.63, 3.8) is 0 Å². The Bertz CT molecular complexity index is 918. The Hall–Kier alpha value is -2.73. The van der Waals surface area contributed by atoms with E-state index < -0.39 is 0 Å². The Labute approximate surface area is 188 Å². The summed E-state index contributed by atoms with van der Waals surface area (Å²) in [7, 11) is 0. The van der Waals surface area contributed by atoms with E-state index in [1.807, 2.05) is 43.0 Å². The number of benzene rings is 2. The molecular weight excluding hydrogens is 416 g/mol. The largest absolute Gasteiger partial charge is 0.490 e. The van der Waals surface area contributed by atoms with E-state index >= 15 is 0 Å². The summed E-state index contributed by atoms with van der Waals surface area (Å²) in [5, 5.41) is 3.46. The minimum Gasteiger partial charge on any atom is -0.490 e. The van der Waals surface area contributed by atoms with Crippen molar-refractivity contribution >= 4 is 23.4 Å². The van der Waals surface area contributed by atoms with E-state index in [4.69, 9.17) is 21.1 Å². The number of rotatable bonds is 9. The fourth-order valence-electron chi connectivity index (χ4n) is 3.85. The topological polar surface area (TPSA) is 67.9 Å². The van der Waals surface area contributed by atoms with Crippen LogP contribution in [0.25, 0.3) is 0 Å². The predicted octanol–water partition coefficient (Wildman–Crippen LogP) is 4.10. The van der Waals surface area contributed by atoms with Crippen molar-refractivity contribution in [1.82, 2.24) is 10.2 Å². The molecule has 166 valence electrons. The Morgan fingerprint density at radius 1 is 1.10 bits per heavy atom. The highest BCUT2D eigenvalue weighted by Crippen LogP contribution is 2.28. The summed E-state index contributed by atoms with van der Waals surface area (Å²) in [5.74, 6) is 0.706. The fraction of sp³-hybridized carbons (Fsp3) is 0.417. The van der Waals surface area contributed by atoms with Crippen LogP contribution >= 0.6 is 11.6 Å². The van der Waals surface area contributed by atoms with Crippen molar-refractivity contribution in [2.75, 3.05) is 26.3 Å². The zero-order valence-electron chi connectivity index (χ0n) is 18.0. The van der Waals surface area contributed by atoms with Crippen LogP contribution in [0, 0.1) is 0 Å². The van der Waals surface area contributed by atoms with Crippen LogP contribution in [0.15, 0.2) is 42.5 Å². The third-order valence-corrected chi connectivity index (χ3v) is 5.69. The van der Waals surface area contributed by atoms with Crippen LogP contribution in [0.4, 0.5) is 0 Å². The minimum atomic E-state index is -0.320. The van der Waals surface area contributed by atoms with Crippen LogP contribution in [0.1, 0.15) is 42.6 Å². The molecule has 1 N–H and O–H groups in total. The molecule has 6 nitrogen and oxygen atoms in total. The number of hydrogen-bond acceptors (Lipinski definition) is 4. The summed E-state index contributed by atoms with van der Waals surface area (Å²) in [6, 6.07) is 12.8. The molecule has 1 saturated heterocycles. The van der Waals surface area contributed by atoms with Gasteiger partial charge >= 0.3 is 0 Å². The smallest absolute Gasteiger partial charge is 0.251 e. The molecular formula is C24H29ClN2O4. The number of carbonyl (C=O) groups excluding carboxylic acids is 2. The molecule has 2 amide bonds. The first-order valence-corrected chi connectivity index (χ1v) is 11.1. The fourth-order valence-corrected chi connectivity index (χ4v) is 4.06. The van der Waals surface area contributed by atoms with Gasteiger partial charge in [0.2, 0.25) is 5.91 Å². The Morgan fingerprint density at radius 2 is 1.84 bits per heavy atom. The van der Waals surface area contributed by atoms with Gasteiger partial charge in [-0.2, -0.15) is 0 Å². The summed E-state index contributed by atoms with van der Waals surface area (Å²) in [6.07, 6.45) is 2.60. The highest BCUT2D eigenvalue weighted by Gasteiger charge is 2.29. The third-order valence-electron chi connectivity index (χ3n) is 5.32. The van der Waals surface area contributed by atoms with Gasteiger partial charge in [-0.05, 0) is 62.9 Å². The molecule has 1 aliphatic rings. The van der Waals surface area contributed by atoms with Gasteiger partial charge in [-0.3, -0.25) is 9.59 Å². The third kappa shape index (κ3) is 5.91. The van der Waals surface area contributed by atoms with E-state index in [1.54, 1.807) is 18.2 Å². The number of carbonyl (C=O) groups is 2. The van der Waals surface area contributed by atoms with Gasteiger partial charge in [0.15, 0.2) is 11.5 Å². The van der Waals surface area contributed by atoms with Crippen LogP contribution in [0.5, 0.6) is 11.5 Å². The molecule has 3 rings (SSSR count). The first kappa shape index (κ1) is 22.9. The molecule has 31 heavy (non-hydrogen) atoms. The van der Waals surface area contributed by atoms with Gasteiger partial charge in [0.25, 0.3) is 5.91 Å². The molecule has 2 aromatic rings. The Morgan fingerprint density at radius 3 is 2.58 bits per heavy atom. The second kappa shape index (κ2) is 11.0. The molecule has 0 radical (unpaired) electrons. The molecule has 0 bridgehead atoms. The summed E-state index contributed by atoms with van der Waals surface area (Å²) >= 11 is 6.29. The van der Waals surface area contributed by atoms with Crippen LogP contribution in [0.3, 0.4) is 0 Å². The van der Waals surface area contributed by atoms with E-state index in [0.29, 0.717) is 36.8 Å². The molecule has 0 aliphatic carbocycles. The molecule has 0 saturated carbocycles. The molecule has 1 heterocycles. The number of ether oxygens (including phenoxy) is 2. The minimum absolute atomic E-state index is 0.0466. The van der Waals surface area contributed by atoms with Crippen molar-refractivity contribution in [3.05, 3.63) is 58.6 Å². The highest BCUT2D eigenvalue weighted by molar-refractivity contribution is 6.31. The SMILES string of the molecule is CCOc1ccc(C(=O)NCC(=O)N2CCCC2Cc2ccccc2Cl)cc1OCC. The number of nitrogens with zero attached hydrogens (tertiary/aromatic N) is 1. The molecule has 1 fully saturated rings. The van der Waals surface area contributed by atoms with E-state index in [0.717, 1.165) is 29.8 Å². The lowest BCUT2D eigenvalue weighted by Crippen LogP contribution is -2.43. The normalized spacial score (nSPS) is 15.6. The average molecular weight is 445 g/mol. The van der Waals surface area contributed by atoms with Crippen LogP contribution in [-0.2, 0) is 11.2 Å². The highest BCUT2D eigenvalue weighted by atomic mass is 35.5. The molecule has 0 aromatic heterocycles. The van der Waals surface area contributed by atoms with Crippen molar-refractivity contribution in [2.45, 2.75) is 39.2 Å². The van der Waals surface area contributed by atoms with E-state index in [2.05, 4.69) is 5.32 Å². The van der Waals surface area contributed by atoms with Crippen molar-refractivity contribution in [2.24, 2.45) is 0 Å². The quantitative estimate of drug-likeness (QED) is 0.632. The van der Waals surface area contributed by atoms with E-state index in [1.165, 1.54) is 0 Å². The summed E-state index contributed by atoms with van der Waals surface area (Å²) in [6.45, 7) is 5.38. The Kier molecular flexibility index (Phi) is 8.18. The van der Waals surface area contributed by atoms with Gasteiger partial charge in [0.05, 0.1) is 19.8 Å². The zero-order valence-corrected chi connectivity index (χ0v) is 18.8. The maximum Gasteiger partial charge on any atom is 0.251 e. The first-order chi connectivity index (χ1) is 15.0. The lowest BCUT2D eigenvalue weighted by molar-refractivity contribution is -0.130. The maximum absolute atomic E-state index is 12.8. The lowest BCUT2D eigenvalue weighted by Gasteiger charge is -2.25. The zero-order chi connectivity index (χ0) is 22.2. The second-order valence-corrected chi connectivity index (χ2v) is 7.80. The predicted molar refractivity (Wildman–Crippen MR) is 121 cm³/mol. The Balaban J connectivity index is 1.60. The molecule has 0 spiro atoms. The van der Waals surface area contributed by atoms with E-state index in [9.17, 15) is 9.59 Å². The standard InChI is InChI=1S/C24H29ClN2O4/c1-3-30-21-12-11-18(15-22(21)31-4-2)24(29)26-16-23(28)27-13-7-9-19(27)14-17-8-5-6-10-20(17)25/h5-6,8,10-12,15,19H,3-4,7,9,13-14,16H2,1-2H3,(H,26,29). The van der Waals surface area contributed by atoms with Gasteiger partial charge < -0.3 is 19.7 Å². The number of nitrogens with one attached hydrogen (secondary N) is 1. The van der Waals surface area contributed by atoms with Gasteiger partial charge in [-0.25, -0.2) is 0 Å². The molecule has 1 unspecified atom stereocenters. The summed E-state index contributed by atoms with van der Waals surface area (Å²) in [4.78, 5) is 27.3. The lowest BCUT2D eigenvalue weighted by atomic mass is 10.0. The van der Waals surface area contributed by atoms with Gasteiger partial charge in [-0.1, -0.05) is 29.8 Å². The molecule has 7 heteroatoms. The van der Waals surface area contributed by atoms with E-state index in [-0.39, 0.29) is 24.4 Å². The number of halogens is 1. The molecule has 2 aromatic carbocycles. The monoisotopic (exact) mass is 444 g/mol. The second-order valence-electron chi connectivity index (χ2n) is 7.39. The van der Waals surface area contributed by atoms with Crippen LogP contribution in [-0.4, -0.2) is 49.1 Å². The summed E-state index contributed by atoms with van der Waals surface area (Å²) < 4.78 is 11.1. The van der Waals surface area contributed by atoms with Gasteiger partial charge in [0.1, 0.15) is 0 Å². The van der Waals surface area contributed by atoms with Gasteiger partial charge in [0, 0.05) is 23.2 Å². The van der Waals surface area contributed by atoms with Crippen LogP contribution in [0.2, 0.25) is 5.02 Å². The first-order valence-electron chi connectivity index (χ1n) is 10.7. The number of hydrogen-bond donors (Lipinski definition) is 1. The van der Waals surface area contributed by atoms with Gasteiger partial charge in [-0.15, -0.1) is 0 Å². The molecule has 1 aliphatic heterocycles.